The highest BCUT2D eigenvalue weighted by Crippen LogP contribution is 2.27. The van der Waals surface area contributed by atoms with Crippen molar-refractivity contribution in [2.45, 2.75) is 43.4 Å². The third-order valence-corrected chi connectivity index (χ3v) is 7.89. The molecule has 0 spiro atoms. The Hall–Kier alpha value is -0.960. The Labute approximate surface area is 154 Å². The maximum atomic E-state index is 12.7. The molecule has 2 saturated heterocycles. The summed E-state index contributed by atoms with van der Waals surface area (Å²) >= 11 is 1.20. The number of piperidine rings is 1. The first kappa shape index (κ1) is 18.8. The lowest BCUT2D eigenvalue weighted by molar-refractivity contribution is 0.0952. The van der Waals surface area contributed by atoms with Gasteiger partial charge in [-0.15, -0.1) is 11.3 Å². The minimum atomic E-state index is -3.54. The van der Waals surface area contributed by atoms with Gasteiger partial charge in [-0.3, -0.25) is 4.79 Å². The smallest absolute Gasteiger partial charge is 0.262 e. The minimum absolute atomic E-state index is 0.160. The fraction of sp³-hybridized carbons (Fsp3) is 0.706. The van der Waals surface area contributed by atoms with Crippen LogP contribution in [0.1, 0.15) is 48.2 Å². The normalized spacial score (nSPS) is 20.0. The fourth-order valence-corrected chi connectivity index (χ4v) is 6.34. The molecule has 6 nitrogen and oxygen atoms in total. The zero-order valence-corrected chi connectivity index (χ0v) is 16.2. The second kappa shape index (κ2) is 8.62. The lowest BCUT2D eigenvalue weighted by Crippen LogP contribution is -2.34. The van der Waals surface area contributed by atoms with Crippen LogP contribution < -0.4 is 5.32 Å². The molecule has 0 unspecified atom stereocenters. The molecule has 0 aromatic carbocycles. The molecule has 3 rings (SSSR count). The van der Waals surface area contributed by atoms with Crippen LogP contribution in [0, 0.1) is 0 Å². The second-order valence-electron chi connectivity index (χ2n) is 6.74. The Morgan fingerprint density at radius 3 is 2.48 bits per heavy atom. The maximum Gasteiger partial charge on any atom is 0.262 e. The molecular weight excluding hydrogens is 358 g/mol. The number of thiophene rings is 1. The average molecular weight is 386 g/mol. The molecule has 0 radical (unpaired) electrons. The third-order valence-electron chi connectivity index (χ3n) is 4.90. The van der Waals surface area contributed by atoms with E-state index in [9.17, 15) is 13.2 Å². The summed E-state index contributed by atoms with van der Waals surface area (Å²) in [6.07, 6.45) is 6.52. The van der Waals surface area contributed by atoms with Crippen LogP contribution in [-0.2, 0) is 10.0 Å². The van der Waals surface area contributed by atoms with Gasteiger partial charge in [-0.1, -0.05) is 6.42 Å². The largest absolute Gasteiger partial charge is 0.351 e. The molecule has 0 bridgehead atoms. The highest BCUT2D eigenvalue weighted by molar-refractivity contribution is 7.89. The number of hydrogen-bond acceptors (Lipinski definition) is 5. The van der Waals surface area contributed by atoms with Crippen molar-refractivity contribution in [3.63, 3.8) is 0 Å². The third kappa shape index (κ3) is 4.61. The molecule has 1 aromatic rings. The predicted octanol–water partition coefficient (Wildman–Crippen LogP) is 2.14. The number of carbonyl (C=O) groups excluding carboxylic acids is 1. The standard InChI is InChI=1S/C17H27N3O3S2/c21-17(18-8-6-11-19-9-2-1-3-10-19)16-15(7-14-24-16)25(22,23)20-12-4-5-13-20/h7,14H,1-6,8-13H2,(H,18,21). The van der Waals surface area contributed by atoms with Gasteiger partial charge in [0.15, 0.2) is 0 Å². The number of amides is 1. The van der Waals surface area contributed by atoms with Gasteiger partial charge in [-0.25, -0.2) is 8.42 Å². The molecule has 2 fully saturated rings. The Kier molecular flexibility index (Phi) is 6.49. The van der Waals surface area contributed by atoms with Crippen molar-refractivity contribution in [1.29, 1.82) is 0 Å². The van der Waals surface area contributed by atoms with Crippen molar-refractivity contribution in [3.8, 4) is 0 Å². The van der Waals surface area contributed by atoms with Gasteiger partial charge in [0.25, 0.3) is 5.91 Å². The molecule has 8 heteroatoms. The minimum Gasteiger partial charge on any atom is -0.351 e. The first-order chi connectivity index (χ1) is 12.1. The Morgan fingerprint density at radius 2 is 1.76 bits per heavy atom. The Morgan fingerprint density at radius 1 is 1.08 bits per heavy atom. The number of nitrogens with zero attached hydrogens (tertiary/aromatic N) is 2. The van der Waals surface area contributed by atoms with E-state index in [1.807, 2.05) is 0 Å². The van der Waals surface area contributed by atoms with E-state index in [-0.39, 0.29) is 10.8 Å². The number of nitrogens with one attached hydrogen (secondary N) is 1. The van der Waals surface area contributed by atoms with Crippen LogP contribution >= 0.6 is 11.3 Å². The molecule has 1 amide bonds. The van der Waals surface area contributed by atoms with Crippen molar-refractivity contribution in [1.82, 2.24) is 14.5 Å². The van der Waals surface area contributed by atoms with Crippen LogP contribution in [0.4, 0.5) is 0 Å². The average Bonchev–Trinajstić information content (AvgIpc) is 3.31. The van der Waals surface area contributed by atoms with Crippen molar-refractivity contribution in [2.75, 3.05) is 39.3 Å². The van der Waals surface area contributed by atoms with E-state index in [1.54, 1.807) is 11.4 Å². The molecule has 0 atom stereocenters. The summed E-state index contributed by atoms with van der Waals surface area (Å²) in [5, 5.41) is 4.58. The topological polar surface area (TPSA) is 69.7 Å². The van der Waals surface area contributed by atoms with E-state index in [2.05, 4.69) is 10.2 Å². The molecule has 140 valence electrons. The van der Waals surface area contributed by atoms with Gasteiger partial charge in [-0.2, -0.15) is 4.31 Å². The summed E-state index contributed by atoms with van der Waals surface area (Å²) in [7, 11) is -3.54. The van der Waals surface area contributed by atoms with E-state index in [0.717, 1.165) is 38.9 Å². The first-order valence-corrected chi connectivity index (χ1v) is 11.5. The lowest BCUT2D eigenvalue weighted by atomic mass is 10.1. The van der Waals surface area contributed by atoms with Crippen molar-refractivity contribution < 1.29 is 13.2 Å². The van der Waals surface area contributed by atoms with E-state index in [1.165, 1.54) is 34.9 Å². The van der Waals surface area contributed by atoms with Crippen LogP contribution in [0.25, 0.3) is 0 Å². The SMILES string of the molecule is O=C(NCCCN1CCCCC1)c1sccc1S(=O)(=O)N1CCCC1. The van der Waals surface area contributed by atoms with Crippen LogP contribution in [0.15, 0.2) is 16.3 Å². The molecule has 2 aliphatic rings. The van der Waals surface area contributed by atoms with Crippen molar-refractivity contribution in [3.05, 3.63) is 16.3 Å². The summed E-state index contributed by atoms with van der Waals surface area (Å²) in [5.74, 6) is -0.272. The first-order valence-electron chi connectivity index (χ1n) is 9.17. The van der Waals surface area contributed by atoms with Crippen LogP contribution in [0.2, 0.25) is 0 Å². The molecule has 1 N–H and O–H groups in total. The number of likely N-dealkylation sites (tertiary alicyclic amines) is 1. The van der Waals surface area contributed by atoms with Gasteiger partial charge >= 0.3 is 0 Å². The highest BCUT2D eigenvalue weighted by Gasteiger charge is 2.31. The summed E-state index contributed by atoms with van der Waals surface area (Å²) in [5.41, 5.74) is 0. The summed E-state index contributed by atoms with van der Waals surface area (Å²) in [4.78, 5) is 15.3. The predicted molar refractivity (Wildman–Crippen MR) is 99.6 cm³/mol. The zero-order chi connectivity index (χ0) is 17.7. The van der Waals surface area contributed by atoms with Crippen molar-refractivity contribution in [2.24, 2.45) is 0 Å². The highest BCUT2D eigenvalue weighted by atomic mass is 32.2. The summed E-state index contributed by atoms with van der Waals surface area (Å²) in [6, 6.07) is 1.56. The molecule has 3 heterocycles. The summed E-state index contributed by atoms with van der Waals surface area (Å²) < 4.78 is 26.9. The van der Waals surface area contributed by atoms with Gasteiger partial charge in [0.05, 0.1) is 0 Å². The Bertz CT molecular complexity index is 675. The number of carbonyl (C=O) groups is 1. The number of rotatable bonds is 7. The molecule has 0 saturated carbocycles. The van der Waals surface area contributed by atoms with Gasteiger partial charge in [0, 0.05) is 19.6 Å². The van der Waals surface area contributed by atoms with Gasteiger partial charge in [-0.05, 0) is 63.2 Å². The lowest BCUT2D eigenvalue weighted by Gasteiger charge is -2.26. The van der Waals surface area contributed by atoms with E-state index in [0.29, 0.717) is 24.5 Å². The zero-order valence-electron chi connectivity index (χ0n) is 14.6. The maximum absolute atomic E-state index is 12.7. The van der Waals surface area contributed by atoms with Crippen LogP contribution in [0.5, 0.6) is 0 Å². The number of sulfonamides is 1. The second-order valence-corrected chi connectivity index (χ2v) is 9.56. The van der Waals surface area contributed by atoms with Gasteiger partial charge < -0.3 is 10.2 Å². The van der Waals surface area contributed by atoms with Gasteiger partial charge in [0.2, 0.25) is 10.0 Å². The molecular formula is C17H27N3O3S2. The Balaban J connectivity index is 1.53. The van der Waals surface area contributed by atoms with Crippen LogP contribution in [0.3, 0.4) is 0 Å². The quantitative estimate of drug-likeness (QED) is 0.730. The molecule has 25 heavy (non-hydrogen) atoms. The van der Waals surface area contributed by atoms with E-state index >= 15 is 0 Å². The monoisotopic (exact) mass is 385 g/mol. The number of hydrogen-bond donors (Lipinski definition) is 1. The molecule has 1 aromatic heterocycles. The van der Waals surface area contributed by atoms with Crippen LogP contribution in [-0.4, -0.2) is 62.8 Å². The summed E-state index contributed by atoms with van der Waals surface area (Å²) in [6.45, 7) is 4.97. The fourth-order valence-electron chi connectivity index (χ4n) is 3.50. The van der Waals surface area contributed by atoms with Gasteiger partial charge in [0.1, 0.15) is 9.77 Å². The molecule has 2 aliphatic heterocycles. The van der Waals surface area contributed by atoms with E-state index < -0.39 is 10.0 Å². The van der Waals surface area contributed by atoms with Crippen molar-refractivity contribution >= 4 is 27.3 Å². The molecule has 0 aliphatic carbocycles. The van der Waals surface area contributed by atoms with E-state index in [4.69, 9.17) is 0 Å².